The van der Waals surface area contributed by atoms with Crippen LogP contribution in [0.3, 0.4) is 0 Å². The summed E-state index contributed by atoms with van der Waals surface area (Å²) in [6, 6.07) is 23.4. The van der Waals surface area contributed by atoms with E-state index in [9.17, 15) is 4.79 Å². The zero-order valence-corrected chi connectivity index (χ0v) is 19.6. The van der Waals surface area contributed by atoms with E-state index in [0.29, 0.717) is 17.9 Å². The van der Waals surface area contributed by atoms with Crippen LogP contribution in [0.25, 0.3) is 17.1 Å². The highest BCUT2D eigenvalue weighted by atomic mass is 32.2. The fraction of sp³-hybridized carbons (Fsp3) is 0.192. The molecule has 0 aliphatic rings. The first-order chi connectivity index (χ1) is 16.1. The van der Waals surface area contributed by atoms with Crippen LogP contribution in [0.15, 0.2) is 78.0 Å². The number of methoxy groups -OCH3 is 1. The number of rotatable bonds is 9. The third-order valence-corrected chi connectivity index (χ3v) is 6.09. The maximum atomic E-state index is 11.9. The second kappa shape index (κ2) is 10.4. The Morgan fingerprint density at radius 3 is 2.42 bits per heavy atom. The van der Waals surface area contributed by atoms with E-state index < -0.39 is 0 Å². The minimum Gasteiger partial charge on any atom is -0.496 e. The van der Waals surface area contributed by atoms with Crippen molar-refractivity contribution in [3.05, 3.63) is 83.9 Å². The van der Waals surface area contributed by atoms with E-state index in [4.69, 9.17) is 9.47 Å². The van der Waals surface area contributed by atoms with E-state index in [0.717, 1.165) is 39.3 Å². The number of Topliss-reactive ketones (excluding diaryl/α,β-unsaturated/α-hetero) is 1. The molecule has 1 aromatic heterocycles. The lowest BCUT2D eigenvalue weighted by atomic mass is 10.1. The lowest BCUT2D eigenvalue weighted by Gasteiger charge is -2.12. The lowest BCUT2D eigenvalue weighted by Crippen LogP contribution is -2.01. The first-order valence-corrected chi connectivity index (χ1v) is 11.6. The van der Waals surface area contributed by atoms with Crippen LogP contribution < -0.4 is 9.47 Å². The Morgan fingerprint density at radius 1 is 1.00 bits per heavy atom. The summed E-state index contributed by atoms with van der Waals surface area (Å²) in [6.07, 6.45) is 0. The van der Waals surface area contributed by atoms with Crippen LogP contribution in [-0.2, 0) is 5.75 Å². The summed E-state index contributed by atoms with van der Waals surface area (Å²) in [5.74, 6) is 2.91. The van der Waals surface area contributed by atoms with Crippen LogP contribution in [0.5, 0.6) is 11.5 Å². The largest absolute Gasteiger partial charge is 0.496 e. The predicted molar refractivity (Wildman–Crippen MR) is 131 cm³/mol. The van der Waals surface area contributed by atoms with Gasteiger partial charge in [-0.2, -0.15) is 0 Å². The quantitative estimate of drug-likeness (QED) is 0.232. The van der Waals surface area contributed by atoms with Crippen LogP contribution in [-0.4, -0.2) is 34.3 Å². The van der Waals surface area contributed by atoms with E-state index in [2.05, 4.69) is 10.2 Å². The van der Waals surface area contributed by atoms with Gasteiger partial charge in [0.15, 0.2) is 16.8 Å². The van der Waals surface area contributed by atoms with Crippen LogP contribution in [0.1, 0.15) is 29.8 Å². The summed E-state index contributed by atoms with van der Waals surface area (Å²) in [4.78, 5) is 11.9. The van der Waals surface area contributed by atoms with Crippen molar-refractivity contribution < 1.29 is 14.3 Å². The van der Waals surface area contributed by atoms with E-state index in [-0.39, 0.29) is 5.78 Å². The zero-order valence-electron chi connectivity index (χ0n) is 18.8. The van der Waals surface area contributed by atoms with Gasteiger partial charge in [-0.25, -0.2) is 0 Å². The Hall–Kier alpha value is -3.58. The standard InChI is InChI=1S/C26H25N3O3S/c1-4-32-23-13-10-19(11-14-23)25-27-28-26(29(25)22-8-6-5-7-9-22)33-17-21-16-20(18(2)30)12-15-24(21)31-3/h5-16H,4,17H2,1-3H3. The van der Waals surface area contributed by atoms with Gasteiger partial charge in [0.1, 0.15) is 11.5 Å². The van der Waals surface area contributed by atoms with Crippen molar-refractivity contribution in [1.29, 1.82) is 0 Å². The second-order valence-electron chi connectivity index (χ2n) is 7.31. The van der Waals surface area contributed by atoms with Crippen LogP contribution in [0.2, 0.25) is 0 Å². The van der Waals surface area contributed by atoms with Gasteiger partial charge in [0.2, 0.25) is 0 Å². The van der Waals surface area contributed by atoms with Crippen molar-refractivity contribution in [3.63, 3.8) is 0 Å². The average Bonchev–Trinajstić information content (AvgIpc) is 3.27. The van der Waals surface area contributed by atoms with Gasteiger partial charge >= 0.3 is 0 Å². The molecule has 0 saturated carbocycles. The zero-order chi connectivity index (χ0) is 23.2. The Kier molecular flexibility index (Phi) is 7.10. The summed E-state index contributed by atoms with van der Waals surface area (Å²) < 4.78 is 13.1. The molecule has 1 heterocycles. The van der Waals surface area contributed by atoms with Gasteiger partial charge in [-0.3, -0.25) is 9.36 Å². The third kappa shape index (κ3) is 5.09. The van der Waals surface area contributed by atoms with Crippen molar-refractivity contribution in [2.45, 2.75) is 24.8 Å². The minimum atomic E-state index is 0.0224. The van der Waals surface area contributed by atoms with Gasteiger partial charge < -0.3 is 9.47 Å². The smallest absolute Gasteiger partial charge is 0.196 e. The van der Waals surface area contributed by atoms with Crippen molar-refractivity contribution >= 4 is 17.5 Å². The van der Waals surface area contributed by atoms with Gasteiger partial charge in [-0.15, -0.1) is 10.2 Å². The molecule has 0 bridgehead atoms. The van der Waals surface area contributed by atoms with Gasteiger partial charge in [0.05, 0.1) is 13.7 Å². The SMILES string of the molecule is CCOc1ccc(-c2nnc(SCc3cc(C(C)=O)ccc3OC)n2-c2ccccc2)cc1. The molecule has 0 unspecified atom stereocenters. The molecule has 0 aliphatic carbocycles. The molecule has 0 fully saturated rings. The molecule has 168 valence electrons. The van der Waals surface area contributed by atoms with Crippen LogP contribution in [0.4, 0.5) is 0 Å². The molecule has 0 N–H and O–H groups in total. The highest BCUT2D eigenvalue weighted by molar-refractivity contribution is 7.98. The molecule has 0 aliphatic heterocycles. The van der Waals surface area contributed by atoms with Gasteiger partial charge in [0.25, 0.3) is 0 Å². The fourth-order valence-electron chi connectivity index (χ4n) is 3.48. The molecule has 4 aromatic rings. The average molecular weight is 460 g/mol. The van der Waals surface area contributed by atoms with Crippen molar-refractivity contribution in [1.82, 2.24) is 14.8 Å². The molecule has 0 atom stereocenters. The van der Waals surface area contributed by atoms with Crippen LogP contribution in [0, 0.1) is 0 Å². The number of benzene rings is 3. The first kappa shape index (κ1) is 22.6. The Morgan fingerprint density at radius 2 is 1.76 bits per heavy atom. The summed E-state index contributed by atoms with van der Waals surface area (Å²) in [7, 11) is 1.63. The number of hydrogen-bond acceptors (Lipinski definition) is 6. The number of thioether (sulfide) groups is 1. The third-order valence-electron chi connectivity index (χ3n) is 5.11. The van der Waals surface area contributed by atoms with E-state index >= 15 is 0 Å². The summed E-state index contributed by atoms with van der Waals surface area (Å²) in [5.41, 5.74) is 3.50. The fourth-order valence-corrected chi connectivity index (χ4v) is 4.41. The number of ketones is 1. The van der Waals surface area contributed by atoms with Crippen molar-refractivity contribution in [3.8, 4) is 28.6 Å². The van der Waals surface area contributed by atoms with Gasteiger partial charge in [0, 0.05) is 28.1 Å². The maximum Gasteiger partial charge on any atom is 0.196 e. The van der Waals surface area contributed by atoms with E-state index in [1.807, 2.05) is 78.2 Å². The molecule has 4 rings (SSSR count). The van der Waals surface area contributed by atoms with E-state index in [1.54, 1.807) is 31.9 Å². The number of carbonyl (C=O) groups excluding carboxylic acids is 1. The molecular weight excluding hydrogens is 434 g/mol. The molecule has 0 amide bonds. The first-order valence-electron chi connectivity index (χ1n) is 10.7. The predicted octanol–water partition coefficient (Wildman–Crippen LogP) is 5.84. The maximum absolute atomic E-state index is 11.9. The highest BCUT2D eigenvalue weighted by Gasteiger charge is 2.17. The van der Waals surface area contributed by atoms with E-state index in [1.165, 1.54) is 0 Å². The van der Waals surface area contributed by atoms with Crippen LogP contribution >= 0.6 is 11.8 Å². The molecule has 3 aromatic carbocycles. The molecule has 0 spiro atoms. The monoisotopic (exact) mass is 459 g/mol. The number of hydrogen-bond donors (Lipinski definition) is 0. The van der Waals surface area contributed by atoms with Crippen molar-refractivity contribution in [2.75, 3.05) is 13.7 Å². The highest BCUT2D eigenvalue weighted by Crippen LogP contribution is 2.33. The van der Waals surface area contributed by atoms with Gasteiger partial charge in [-0.05, 0) is 68.4 Å². The second-order valence-corrected chi connectivity index (χ2v) is 8.25. The number of ether oxygens (including phenoxy) is 2. The summed E-state index contributed by atoms with van der Waals surface area (Å²) >= 11 is 1.55. The number of carbonyl (C=O) groups is 1. The number of nitrogens with zero attached hydrogens (tertiary/aromatic N) is 3. The minimum absolute atomic E-state index is 0.0224. The Bertz CT molecular complexity index is 1240. The molecule has 0 radical (unpaired) electrons. The van der Waals surface area contributed by atoms with Crippen molar-refractivity contribution in [2.24, 2.45) is 0 Å². The lowest BCUT2D eigenvalue weighted by molar-refractivity contribution is 0.101. The Balaban J connectivity index is 1.70. The molecule has 33 heavy (non-hydrogen) atoms. The topological polar surface area (TPSA) is 66.2 Å². The number of aromatic nitrogens is 3. The summed E-state index contributed by atoms with van der Waals surface area (Å²) in [5, 5.41) is 9.75. The van der Waals surface area contributed by atoms with Gasteiger partial charge in [-0.1, -0.05) is 30.0 Å². The molecule has 0 saturated heterocycles. The normalized spacial score (nSPS) is 10.8. The molecule has 6 nitrogen and oxygen atoms in total. The summed E-state index contributed by atoms with van der Waals surface area (Å²) in [6.45, 7) is 4.15. The number of para-hydroxylation sites is 1. The molecule has 7 heteroatoms. The Labute approximate surface area is 197 Å². The molecular formula is C26H25N3O3S.